The van der Waals surface area contributed by atoms with Crippen LogP contribution in [0.2, 0.25) is 0 Å². The molecular formula is C22H23FN4O3S. The highest BCUT2D eigenvalue weighted by Crippen LogP contribution is 2.32. The molecule has 1 saturated heterocycles. The fourth-order valence-electron chi connectivity index (χ4n) is 3.88. The largest absolute Gasteiger partial charge is 0.364 e. The average Bonchev–Trinajstić information content (AvgIpc) is 3.22. The van der Waals surface area contributed by atoms with Crippen molar-refractivity contribution in [2.45, 2.75) is 30.6 Å². The molecule has 162 valence electrons. The molecule has 1 amide bonds. The number of halogens is 1. The molecule has 7 nitrogen and oxygen atoms in total. The quantitative estimate of drug-likeness (QED) is 0.632. The van der Waals surface area contributed by atoms with Gasteiger partial charge in [0.25, 0.3) is 5.91 Å². The van der Waals surface area contributed by atoms with Crippen molar-refractivity contribution < 1.29 is 17.6 Å². The zero-order valence-corrected chi connectivity index (χ0v) is 17.8. The van der Waals surface area contributed by atoms with E-state index >= 15 is 0 Å². The molecule has 3 N–H and O–H groups in total. The molecule has 3 aromatic rings. The van der Waals surface area contributed by atoms with Gasteiger partial charge < -0.3 is 10.7 Å². The van der Waals surface area contributed by atoms with E-state index in [9.17, 15) is 17.6 Å². The van der Waals surface area contributed by atoms with Crippen LogP contribution in [0.4, 0.5) is 4.39 Å². The third kappa shape index (κ3) is 4.11. The number of benzene rings is 2. The van der Waals surface area contributed by atoms with Gasteiger partial charge >= 0.3 is 0 Å². The lowest BCUT2D eigenvalue weighted by Crippen LogP contribution is -2.39. The van der Waals surface area contributed by atoms with E-state index in [0.29, 0.717) is 30.9 Å². The molecule has 1 aliphatic heterocycles. The molecule has 0 spiro atoms. The van der Waals surface area contributed by atoms with Crippen LogP contribution in [0.25, 0.3) is 11.3 Å². The number of hydrogen-bond acceptors (Lipinski definition) is 4. The van der Waals surface area contributed by atoms with Crippen molar-refractivity contribution in [1.82, 2.24) is 14.3 Å². The third-order valence-corrected chi connectivity index (χ3v) is 7.41. The minimum atomic E-state index is -3.78. The van der Waals surface area contributed by atoms with Crippen molar-refractivity contribution in [2.75, 3.05) is 13.1 Å². The number of nitrogens with one attached hydrogen (secondary N) is 1. The molecule has 2 heterocycles. The minimum Gasteiger partial charge on any atom is -0.364 e. The molecule has 2 aromatic carbocycles. The summed E-state index contributed by atoms with van der Waals surface area (Å²) in [5, 5.41) is 0. The van der Waals surface area contributed by atoms with Crippen molar-refractivity contribution in [3.05, 3.63) is 71.4 Å². The van der Waals surface area contributed by atoms with Crippen LogP contribution in [0.1, 0.15) is 40.6 Å². The molecule has 0 radical (unpaired) electrons. The molecule has 9 heteroatoms. The van der Waals surface area contributed by atoms with Crippen LogP contribution in [0.3, 0.4) is 0 Å². The first-order valence-electron chi connectivity index (χ1n) is 9.99. The Labute approximate surface area is 180 Å². The van der Waals surface area contributed by atoms with Crippen LogP contribution in [0.5, 0.6) is 0 Å². The first kappa shape index (κ1) is 21.2. The van der Waals surface area contributed by atoms with Crippen molar-refractivity contribution in [1.29, 1.82) is 0 Å². The zero-order valence-electron chi connectivity index (χ0n) is 17.0. The topological polar surface area (TPSA) is 109 Å². The van der Waals surface area contributed by atoms with Crippen LogP contribution in [-0.4, -0.2) is 41.7 Å². The number of carbonyl (C=O) groups is 1. The van der Waals surface area contributed by atoms with Crippen molar-refractivity contribution in [3.8, 4) is 11.3 Å². The Balaban J connectivity index is 1.64. The predicted octanol–water partition coefficient (Wildman–Crippen LogP) is 3.19. The van der Waals surface area contributed by atoms with Crippen LogP contribution in [-0.2, 0) is 10.0 Å². The SMILES string of the molecule is Cc1cc(S(=O)(=O)N2CCC[C@@H](c3nc(-c4ccccc4)c(C(N)=O)[nH]3)C2)ccc1F. The number of amides is 1. The number of nitrogens with two attached hydrogens (primary N) is 1. The highest BCUT2D eigenvalue weighted by atomic mass is 32.2. The van der Waals surface area contributed by atoms with Gasteiger partial charge in [0, 0.05) is 24.6 Å². The second-order valence-corrected chi connectivity index (χ2v) is 9.63. The van der Waals surface area contributed by atoms with E-state index in [1.165, 1.54) is 29.4 Å². The summed E-state index contributed by atoms with van der Waals surface area (Å²) in [5.41, 5.74) is 7.23. The van der Waals surface area contributed by atoms with Crippen molar-refractivity contribution in [2.24, 2.45) is 5.73 Å². The molecular weight excluding hydrogens is 419 g/mol. The molecule has 0 unspecified atom stereocenters. The van der Waals surface area contributed by atoms with Gasteiger partial charge in [0.2, 0.25) is 10.0 Å². The fourth-order valence-corrected chi connectivity index (χ4v) is 5.49. The summed E-state index contributed by atoms with van der Waals surface area (Å²) in [6.07, 6.45) is 1.35. The van der Waals surface area contributed by atoms with Gasteiger partial charge in [0.05, 0.1) is 4.90 Å². The number of piperidine rings is 1. The van der Waals surface area contributed by atoms with Crippen molar-refractivity contribution in [3.63, 3.8) is 0 Å². The highest BCUT2D eigenvalue weighted by Gasteiger charge is 2.33. The smallest absolute Gasteiger partial charge is 0.267 e. The molecule has 0 bridgehead atoms. The highest BCUT2D eigenvalue weighted by molar-refractivity contribution is 7.89. The van der Waals surface area contributed by atoms with Crippen LogP contribution < -0.4 is 5.73 Å². The minimum absolute atomic E-state index is 0.0642. The molecule has 1 aromatic heterocycles. The summed E-state index contributed by atoms with van der Waals surface area (Å²) >= 11 is 0. The third-order valence-electron chi connectivity index (χ3n) is 5.55. The molecule has 4 rings (SSSR count). The lowest BCUT2D eigenvalue weighted by molar-refractivity contribution is 0.0996. The Hall–Kier alpha value is -3.04. The standard InChI is InChI=1S/C22H23FN4O3S/c1-14-12-17(9-10-18(14)23)31(29,30)27-11-5-8-16(13-27)22-25-19(20(26-22)21(24)28)15-6-3-2-4-7-15/h2-4,6-7,9-10,12,16H,5,8,11,13H2,1H3,(H2,24,28)(H,25,26)/t16-/m1/s1. The molecule has 1 atom stereocenters. The van der Waals surface area contributed by atoms with Gasteiger partial charge in [0.15, 0.2) is 0 Å². The van der Waals surface area contributed by atoms with E-state index in [2.05, 4.69) is 9.97 Å². The van der Waals surface area contributed by atoms with E-state index in [1.807, 2.05) is 30.3 Å². The molecule has 1 aliphatic rings. The van der Waals surface area contributed by atoms with Gasteiger partial charge in [-0.1, -0.05) is 30.3 Å². The van der Waals surface area contributed by atoms with Gasteiger partial charge in [0.1, 0.15) is 23.0 Å². The molecule has 0 aliphatic carbocycles. The van der Waals surface area contributed by atoms with Gasteiger partial charge in [-0.15, -0.1) is 0 Å². The van der Waals surface area contributed by atoms with E-state index in [0.717, 1.165) is 5.56 Å². The average molecular weight is 443 g/mol. The number of primary amides is 1. The summed E-state index contributed by atoms with van der Waals surface area (Å²) < 4.78 is 41.2. The van der Waals surface area contributed by atoms with E-state index < -0.39 is 21.7 Å². The monoisotopic (exact) mass is 442 g/mol. The number of carbonyl (C=O) groups excluding carboxylic acids is 1. The summed E-state index contributed by atoms with van der Waals surface area (Å²) in [5.74, 6) is -0.762. The van der Waals surface area contributed by atoms with E-state index in [4.69, 9.17) is 5.73 Å². The summed E-state index contributed by atoms with van der Waals surface area (Å²) in [7, 11) is -3.78. The second-order valence-electron chi connectivity index (χ2n) is 7.69. The first-order chi connectivity index (χ1) is 14.8. The Bertz CT molecular complexity index is 1220. The summed E-state index contributed by atoms with van der Waals surface area (Å²) in [4.78, 5) is 19.7. The zero-order chi connectivity index (χ0) is 22.2. The van der Waals surface area contributed by atoms with Gasteiger partial charge in [-0.25, -0.2) is 17.8 Å². The number of aromatic amines is 1. The first-order valence-corrected chi connectivity index (χ1v) is 11.4. The van der Waals surface area contributed by atoms with Crippen LogP contribution in [0.15, 0.2) is 53.4 Å². The number of rotatable bonds is 5. The van der Waals surface area contributed by atoms with Gasteiger partial charge in [-0.3, -0.25) is 4.79 Å². The van der Waals surface area contributed by atoms with Gasteiger partial charge in [-0.05, 0) is 43.5 Å². The normalized spacial score (nSPS) is 17.5. The maximum absolute atomic E-state index is 13.6. The van der Waals surface area contributed by atoms with E-state index in [-0.39, 0.29) is 28.6 Å². The maximum Gasteiger partial charge on any atom is 0.267 e. The second kappa shape index (κ2) is 8.24. The Kier molecular flexibility index (Phi) is 5.63. The number of imidazole rings is 1. The number of aryl methyl sites for hydroxylation is 1. The Morgan fingerprint density at radius 2 is 1.97 bits per heavy atom. The molecule has 31 heavy (non-hydrogen) atoms. The number of hydrogen-bond donors (Lipinski definition) is 2. The van der Waals surface area contributed by atoms with Crippen molar-refractivity contribution >= 4 is 15.9 Å². The summed E-state index contributed by atoms with van der Waals surface area (Å²) in [6, 6.07) is 13.0. The number of H-pyrrole nitrogens is 1. The number of nitrogens with zero attached hydrogens (tertiary/aromatic N) is 2. The van der Waals surface area contributed by atoms with Crippen LogP contribution >= 0.6 is 0 Å². The number of sulfonamides is 1. The summed E-state index contributed by atoms with van der Waals surface area (Å²) in [6.45, 7) is 2.11. The van der Waals surface area contributed by atoms with Crippen LogP contribution in [0, 0.1) is 12.7 Å². The molecule has 0 saturated carbocycles. The Morgan fingerprint density at radius 3 is 2.65 bits per heavy atom. The van der Waals surface area contributed by atoms with E-state index in [1.54, 1.807) is 0 Å². The Morgan fingerprint density at radius 1 is 1.23 bits per heavy atom. The number of aromatic nitrogens is 2. The lowest BCUT2D eigenvalue weighted by Gasteiger charge is -2.31. The molecule has 1 fully saturated rings. The maximum atomic E-state index is 13.6. The lowest BCUT2D eigenvalue weighted by atomic mass is 9.99. The predicted molar refractivity (Wildman–Crippen MR) is 114 cm³/mol. The van der Waals surface area contributed by atoms with Gasteiger partial charge in [-0.2, -0.15) is 4.31 Å². The fraction of sp³-hybridized carbons (Fsp3) is 0.273.